The molecular weight excluding hydrogens is 388 g/mol. The Morgan fingerprint density at radius 1 is 0.880 bits per heavy atom. The number of rotatable bonds is 5. The van der Waals surface area contributed by atoms with Gasteiger partial charge >= 0.3 is 0 Å². The minimum absolute atomic E-state index is 0. The van der Waals surface area contributed by atoms with Crippen molar-refractivity contribution < 1.29 is 25.8 Å². The summed E-state index contributed by atoms with van der Waals surface area (Å²) in [7, 11) is 1.70. The molecule has 2 aromatic rings. The molecule has 0 aliphatic carbocycles. The summed E-state index contributed by atoms with van der Waals surface area (Å²) in [6, 6.07) is 17.7. The molecule has 0 aromatic heterocycles. The Bertz CT molecular complexity index is 535. The van der Waals surface area contributed by atoms with E-state index in [1.165, 1.54) is 36.8 Å². The summed E-state index contributed by atoms with van der Waals surface area (Å²) < 4.78 is 5.37. The predicted octanol–water partition coefficient (Wildman–Crippen LogP) is 7.34. The molecule has 0 aliphatic heterocycles. The van der Waals surface area contributed by atoms with Crippen LogP contribution in [0.1, 0.15) is 65.9 Å². The summed E-state index contributed by atoms with van der Waals surface area (Å²) in [6.45, 7) is 10.8. The third-order valence-corrected chi connectivity index (χ3v) is 3.29. The van der Waals surface area contributed by atoms with E-state index >= 15 is 0 Å². The minimum Gasteiger partial charge on any atom is -0.540 e. The molecule has 140 valence electrons. The molecule has 2 rings (SSSR count). The van der Waals surface area contributed by atoms with E-state index in [4.69, 9.17) is 4.74 Å². The van der Waals surface area contributed by atoms with Crippen molar-refractivity contribution in [3.05, 3.63) is 54.1 Å². The van der Waals surface area contributed by atoms with Crippen LogP contribution in [0.15, 0.2) is 42.5 Å². The molecule has 0 saturated carbocycles. The summed E-state index contributed by atoms with van der Waals surface area (Å²) in [5.74, 6) is 0.876. The van der Waals surface area contributed by atoms with Crippen molar-refractivity contribution in [3.8, 4) is 16.9 Å². The fourth-order valence-electron chi connectivity index (χ4n) is 1.99. The van der Waals surface area contributed by atoms with Gasteiger partial charge in [-0.2, -0.15) is 0 Å². The van der Waals surface area contributed by atoms with Crippen LogP contribution in [-0.2, 0) is 27.5 Å². The van der Waals surface area contributed by atoms with Crippen LogP contribution in [0, 0.1) is 6.07 Å². The van der Waals surface area contributed by atoms with E-state index in [0.29, 0.717) is 0 Å². The first-order valence-electron chi connectivity index (χ1n) is 9.32. The summed E-state index contributed by atoms with van der Waals surface area (Å²) >= 11 is 0. The zero-order valence-corrected chi connectivity index (χ0v) is 18.9. The van der Waals surface area contributed by atoms with Crippen LogP contribution in [0.5, 0.6) is 5.75 Å². The van der Waals surface area contributed by atoms with Crippen molar-refractivity contribution in [2.75, 3.05) is 7.11 Å². The van der Waals surface area contributed by atoms with Gasteiger partial charge in [-0.3, -0.25) is 0 Å². The van der Waals surface area contributed by atoms with Crippen LogP contribution in [0.25, 0.3) is 11.1 Å². The van der Waals surface area contributed by atoms with Gasteiger partial charge < -0.3 is 4.74 Å². The molecule has 0 saturated heterocycles. The van der Waals surface area contributed by atoms with Gasteiger partial charge in [-0.15, -0.1) is 29.8 Å². The molecule has 0 atom stereocenters. The maximum Gasteiger partial charge on any atom is 0.0647 e. The number of methoxy groups -OCH3 is 1. The Labute approximate surface area is 170 Å². The van der Waals surface area contributed by atoms with Crippen molar-refractivity contribution in [2.24, 2.45) is 0 Å². The second-order valence-corrected chi connectivity index (χ2v) is 5.77. The standard InChI is InChI=1S/C16H17O.C4H10.C3H8.Mo/c1-3-7-13-8-6-9-14(12-13)15-10-4-5-11-16(15)17-2;1-3-4-2;1-3-2;/h4-6,8-9,11-12H,3,7H2,1-2H3;3-4H2,1-2H3;3H2,1-2H3;/q-1;;;. The largest absolute Gasteiger partial charge is 0.540 e. The molecule has 1 nitrogen and oxygen atoms in total. The van der Waals surface area contributed by atoms with E-state index in [1.807, 2.05) is 18.2 Å². The molecule has 0 aliphatic rings. The van der Waals surface area contributed by atoms with Gasteiger partial charge in [0.05, 0.1) is 7.11 Å². The van der Waals surface area contributed by atoms with Crippen LogP contribution in [0.4, 0.5) is 0 Å². The Hall–Kier alpha value is -1.07. The molecule has 0 N–H and O–H groups in total. The van der Waals surface area contributed by atoms with Crippen molar-refractivity contribution >= 4 is 0 Å². The fraction of sp³-hybridized carbons (Fsp3) is 0.478. The third kappa shape index (κ3) is 11.2. The van der Waals surface area contributed by atoms with Crippen LogP contribution in [0.2, 0.25) is 0 Å². The summed E-state index contributed by atoms with van der Waals surface area (Å²) in [5.41, 5.74) is 3.57. The van der Waals surface area contributed by atoms with Gasteiger partial charge in [0.25, 0.3) is 0 Å². The molecule has 0 heterocycles. The van der Waals surface area contributed by atoms with Crippen LogP contribution < -0.4 is 4.74 Å². The summed E-state index contributed by atoms with van der Waals surface area (Å²) in [5, 5.41) is 0. The molecule has 0 unspecified atom stereocenters. The second-order valence-electron chi connectivity index (χ2n) is 5.77. The number of benzene rings is 2. The molecule has 25 heavy (non-hydrogen) atoms. The second kappa shape index (κ2) is 17.7. The van der Waals surface area contributed by atoms with E-state index in [1.54, 1.807) is 7.11 Å². The average molecular weight is 423 g/mol. The Kier molecular flexibility index (Phi) is 18.6. The molecule has 0 amide bonds. The third-order valence-electron chi connectivity index (χ3n) is 3.29. The zero-order valence-electron chi connectivity index (χ0n) is 16.9. The van der Waals surface area contributed by atoms with Gasteiger partial charge in [0.15, 0.2) is 0 Å². The normalized spacial score (nSPS) is 8.88. The van der Waals surface area contributed by atoms with Crippen molar-refractivity contribution in [1.29, 1.82) is 0 Å². The Morgan fingerprint density at radius 2 is 1.52 bits per heavy atom. The molecule has 0 radical (unpaired) electrons. The molecule has 0 bridgehead atoms. The Morgan fingerprint density at radius 3 is 2.04 bits per heavy atom. The average Bonchev–Trinajstić information content (AvgIpc) is 2.63. The van der Waals surface area contributed by atoms with Crippen molar-refractivity contribution in [3.63, 3.8) is 0 Å². The zero-order chi connectivity index (χ0) is 18.2. The number of aryl methyl sites for hydroxylation is 1. The molecular formula is C23H35MoO-. The maximum absolute atomic E-state index is 5.37. The van der Waals surface area contributed by atoms with E-state index in [-0.39, 0.29) is 21.1 Å². The van der Waals surface area contributed by atoms with Gasteiger partial charge in [-0.25, -0.2) is 0 Å². The molecule has 2 heteroatoms. The fourth-order valence-corrected chi connectivity index (χ4v) is 1.99. The van der Waals surface area contributed by atoms with Crippen LogP contribution >= 0.6 is 0 Å². The maximum atomic E-state index is 5.37. The summed E-state index contributed by atoms with van der Waals surface area (Å²) in [4.78, 5) is 0. The van der Waals surface area contributed by atoms with Crippen LogP contribution in [-0.4, -0.2) is 7.11 Å². The quantitative estimate of drug-likeness (QED) is 0.361. The molecule has 0 fully saturated rings. The van der Waals surface area contributed by atoms with Crippen LogP contribution in [0.3, 0.4) is 0 Å². The molecule has 2 aromatic carbocycles. The predicted molar refractivity (Wildman–Crippen MR) is 108 cm³/mol. The number of ether oxygens (including phenoxy) is 1. The number of hydrogen-bond donors (Lipinski definition) is 0. The first-order chi connectivity index (χ1) is 11.7. The first kappa shape index (κ1) is 26.2. The van der Waals surface area contributed by atoms with E-state index in [2.05, 4.69) is 65.0 Å². The number of unbranched alkanes of at least 4 members (excludes halogenated alkanes) is 1. The van der Waals surface area contributed by atoms with E-state index in [9.17, 15) is 0 Å². The van der Waals surface area contributed by atoms with E-state index < -0.39 is 0 Å². The van der Waals surface area contributed by atoms with Gasteiger partial charge in [0.1, 0.15) is 0 Å². The van der Waals surface area contributed by atoms with Crippen molar-refractivity contribution in [2.45, 2.75) is 66.7 Å². The van der Waals surface area contributed by atoms with Gasteiger partial charge in [0, 0.05) is 26.8 Å². The Balaban J connectivity index is 0. The first-order valence-corrected chi connectivity index (χ1v) is 9.32. The SMILES string of the molecule is CCC.CCCC.CCCc1cccc(-c2[c-]cccc2OC)c1.[Mo]. The topological polar surface area (TPSA) is 9.23 Å². The smallest absolute Gasteiger partial charge is 0.0647 e. The number of hydrogen-bond acceptors (Lipinski definition) is 1. The van der Waals surface area contributed by atoms with Gasteiger partial charge in [0.2, 0.25) is 0 Å². The van der Waals surface area contributed by atoms with Crippen molar-refractivity contribution in [1.82, 2.24) is 0 Å². The van der Waals surface area contributed by atoms with Gasteiger partial charge in [-0.05, 0) is 6.42 Å². The summed E-state index contributed by atoms with van der Waals surface area (Å²) in [6.07, 6.45) is 6.17. The minimum atomic E-state index is 0. The molecule has 0 spiro atoms. The monoisotopic (exact) mass is 425 g/mol. The van der Waals surface area contributed by atoms with E-state index in [0.717, 1.165) is 17.7 Å². The van der Waals surface area contributed by atoms with Gasteiger partial charge in [-0.1, -0.05) is 95.7 Å².